The average Bonchev–Trinajstić information content (AvgIpc) is 2.64. The second-order valence-corrected chi connectivity index (χ2v) is 4.08. The molecule has 0 aromatic carbocycles. The van der Waals surface area contributed by atoms with Crippen LogP contribution in [-0.2, 0) is 0 Å². The summed E-state index contributed by atoms with van der Waals surface area (Å²) < 4.78 is 42.1. The molecule has 0 amide bonds. The van der Waals surface area contributed by atoms with Gasteiger partial charge in [-0.3, -0.25) is 0 Å². The van der Waals surface area contributed by atoms with Crippen LogP contribution in [0.1, 0.15) is 37.5 Å². The molecular weight excluding hydrogens is 223 g/mol. The van der Waals surface area contributed by atoms with Gasteiger partial charge in [0.1, 0.15) is 0 Å². The van der Waals surface area contributed by atoms with E-state index in [4.69, 9.17) is 10.3 Å². The second-order valence-electron chi connectivity index (χ2n) is 4.08. The van der Waals surface area contributed by atoms with E-state index < -0.39 is 12.1 Å². The zero-order chi connectivity index (χ0) is 11.8. The van der Waals surface area contributed by atoms with E-state index in [0.29, 0.717) is 18.7 Å². The lowest BCUT2D eigenvalue weighted by molar-refractivity contribution is -0.182. The number of halogens is 3. The molecule has 0 unspecified atom stereocenters. The molecule has 2 N–H and O–H groups in total. The van der Waals surface area contributed by atoms with Crippen molar-refractivity contribution in [1.82, 2.24) is 10.1 Å². The van der Waals surface area contributed by atoms with Crippen molar-refractivity contribution in [3.05, 3.63) is 5.89 Å². The van der Waals surface area contributed by atoms with Crippen molar-refractivity contribution in [1.29, 1.82) is 0 Å². The lowest BCUT2D eigenvalue weighted by Gasteiger charge is -2.27. The fourth-order valence-corrected chi connectivity index (χ4v) is 2.08. The summed E-state index contributed by atoms with van der Waals surface area (Å²) in [5.74, 6) is -0.876. The van der Waals surface area contributed by atoms with Crippen LogP contribution in [0.3, 0.4) is 0 Å². The lowest BCUT2D eigenvalue weighted by atomic mass is 9.81. The van der Waals surface area contributed by atoms with Crippen molar-refractivity contribution in [2.24, 2.45) is 5.92 Å². The van der Waals surface area contributed by atoms with Gasteiger partial charge in [-0.15, -0.1) is 0 Å². The van der Waals surface area contributed by atoms with Crippen molar-refractivity contribution >= 4 is 5.95 Å². The summed E-state index contributed by atoms with van der Waals surface area (Å²) in [6.45, 7) is 0. The number of alkyl halides is 3. The quantitative estimate of drug-likeness (QED) is 0.812. The molecule has 0 spiro atoms. The van der Waals surface area contributed by atoms with Gasteiger partial charge in [0.2, 0.25) is 5.89 Å². The van der Waals surface area contributed by atoms with Crippen LogP contribution < -0.4 is 5.73 Å². The number of anilines is 1. The van der Waals surface area contributed by atoms with Gasteiger partial charge >= 0.3 is 6.18 Å². The maximum Gasteiger partial charge on any atom is 0.391 e. The van der Waals surface area contributed by atoms with Gasteiger partial charge in [-0.2, -0.15) is 18.2 Å². The van der Waals surface area contributed by atoms with Crippen molar-refractivity contribution in [3.8, 4) is 0 Å². The maximum absolute atomic E-state index is 12.4. The molecule has 0 saturated heterocycles. The molecule has 7 heteroatoms. The highest BCUT2D eigenvalue weighted by molar-refractivity contribution is 5.12. The molecule has 1 heterocycles. The van der Waals surface area contributed by atoms with Crippen LogP contribution in [0.2, 0.25) is 0 Å². The Labute approximate surface area is 90.0 Å². The predicted octanol–water partition coefficient (Wildman–Crippen LogP) is 2.49. The molecule has 1 aromatic rings. The van der Waals surface area contributed by atoms with Crippen LogP contribution in [0.25, 0.3) is 0 Å². The van der Waals surface area contributed by atoms with Crippen LogP contribution >= 0.6 is 0 Å². The summed E-state index contributed by atoms with van der Waals surface area (Å²) in [5.41, 5.74) is 5.29. The summed E-state index contributed by atoms with van der Waals surface area (Å²) in [6.07, 6.45) is -3.00. The van der Waals surface area contributed by atoms with E-state index in [9.17, 15) is 13.2 Å². The van der Waals surface area contributed by atoms with Gasteiger partial charge in [-0.25, -0.2) is 0 Å². The normalized spacial score (nSPS) is 26.9. The van der Waals surface area contributed by atoms with E-state index in [1.807, 2.05) is 0 Å². The molecule has 1 aromatic heterocycles. The lowest BCUT2D eigenvalue weighted by Crippen LogP contribution is -2.27. The monoisotopic (exact) mass is 235 g/mol. The minimum Gasteiger partial charge on any atom is -0.365 e. The SMILES string of the molecule is Nc1noc(C2CCC(C(F)(F)F)CC2)n1. The number of nitrogens with zero attached hydrogens (tertiary/aromatic N) is 2. The average molecular weight is 235 g/mol. The molecule has 2 rings (SSSR count). The third-order valence-corrected chi connectivity index (χ3v) is 3.00. The largest absolute Gasteiger partial charge is 0.391 e. The number of rotatable bonds is 1. The number of aromatic nitrogens is 2. The summed E-state index contributed by atoms with van der Waals surface area (Å²) in [6, 6.07) is 0. The zero-order valence-corrected chi connectivity index (χ0v) is 8.50. The fraction of sp³-hybridized carbons (Fsp3) is 0.778. The molecule has 1 aliphatic rings. The Balaban J connectivity index is 1.95. The van der Waals surface area contributed by atoms with Crippen LogP contribution in [-0.4, -0.2) is 16.3 Å². The number of hydrogen-bond acceptors (Lipinski definition) is 4. The van der Waals surface area contributed by atoms with Crippen LogP contribution in [0.5, 0.6) is 0 Å². The van der Waals surface area contributed by atoms with Crippen molar-refractivity contribution in [2.75, 3.05) is 5.73 Å². The number of nitrogens with two attached hydrogens (primary N) is 1. The maximum atomic E-state index is 12.4. The molecular formula is C9H12F3N3O. The first-order valence-electron chi connectivity index (χ1n) is 5.12. The van der Waals surface area contributed by atoms with Crippen LogP contribution in [0, 0.1) is 5.92 Å². The van der Waals surface area contributed by atoms with Gasteiger partial charge in [0.15, 0.2) is 0 Å². The van der Waals surface area contributed by atoms with Gasteiger partial charge in [-0.05, 0) is 30.8 Å². The van der Waals surface area contributed by atoms with E-state index >= 15 is 0 Å². The Hall–Kier alpha value is -1.27. The summed E-state index contributed by atoms with van der Waals surface area (Å²) in [5, 5.41) is 3.43. The first-order valence-corrected chi connectivity index (χ1v) is 5.12. The highest BCUT2D eigenvalue weighted by Gasteiger charge is 2.42. The molecule has 16 heavy (non-hydrogen) atoms. The summed E-state index contributed by atoms with van der Waals surface area (Å²) >= 11 is 0. The van der Waals surface area contributed by atoms with Crippen molar-refractivity contribution in [2.45, 2.75) is 37.8 Å². The zero-order valence-electron chi connectivity index (χ0n) is 8.50. The number of hydrogen-bond donors (Lipinski definition) is 1. The molecule has 0 bridgehead atoms. The molecule has 1 fully saturated rings. The van der Waals surface area contributed by atoms with E-state index in [1.165, 1.54) is 0 Å². The molecule has 1 saturated carbocycles. The standard InChI is InChI=1S/C9H12F3N3O/c10-9(11,12)6-3-1-5(2-4-6)7-14-8(13)15-16-7/h5-6H,1-4H2,(H2,13,15). The van der Waals surface area contributed by atoms with E-state index in [1.54, 1.807) is 0 Å². The molecule has 0 radical (unpaired) electrons. The Morgan fingerprint density at radius 3 is 2.25 bits per heavy atom. The summed E-state index contributed by atoms with van der Waals surface area (Å²) in [4.78, 5) is 3.84. The van der Waals surface area contributed by atoms with Crippen molar-refractivity contribution in [3.63, 3.8) is 0 Å². The molecule has 1 aliphatic carbocycles. The highest BCUT2D eigenvalue weighted by atomic mass is 19.4. The first kappa shape index (κ1) is 11.2. The third-order valence-electron chi connectivity index (χ3n) is 3.00. The Morgan fingerprint density at radius 1 is 1.19 bits per heavy atom. The fourth-order valence-electron chi connectivity index (χ4n) is 2.08. The minimum absolute atomic E-state index is 0.0351. The molecule has 90 valence electrons. The first-order chi connectivity index (χ1) is 7.47. The Morgan fingerprint density at radius 2 is 1.81 bits per heavy atom. The molecule has 0 aliphatic heterocycles. The third kappa shape index (κ3) is 2.28. The van der Waals surface area contributed by atoms with Crippen molar-refractivity contribution < 1.29 is 17.7 Å². The van der Waals surface area contributed by atoms with Gasteiger partial charge in [0.25, 0.3) is 5.95 Å². The van der Waals surface area contributed by atoms with Gasteiger partial charge in [0.05, 0.1) is 5.92 Å². The minimum atomic E-state index is -4.08. The van der Waals surface area contributed by atoms with Crippen LogP contribution in [0.4, 0.5) is 19.1 Å². The molecule has 4 nitrogen and oxygen atoms in total. The van der Waals surface area contributed by atoms with E-state index in [-0.39, 0.29) is 24.7 Å². The molecule has 0 atom stereocenters. The van der Waals surface area contributed by atoms with E-state index in [0.717, 1.165) is 0 Å². The highest BCUT2D eigenvalue weighted by Crippen LogP contribution is 2.42. The van der Waals surface area contributed by atoms with Crippen LogP contribution in [0.15, 0.2) is 4.52 Å². The Kier molecular flexibility index (Phi) is 2.77. The van der Waals surface area contributed by atoms with Gasteiger partial charge in [-0.1, -0.05) is 0 Å². The topological polar surface area (TPSA) is 64.9 Å². The van der Waals surface area contributed by atoms with E-state index in [2.05, 4.69) is 10.1 Å². The van der Waals surface area contributed by atoms with Gasteiger partial charge < -0.3 is 10.3 Å². The summed E-state index contributed by atoms with van der Waals surface area (Å²) in [7, 11) is 0. The second kappa shape index (κ2) is 3.95. The Bertz CT molecular complexity index is 355. The smallest absolute Gasteiger partial charge is 0.365 e. The predicted molar refractivity (Wildman–Crippen MR) is 49.5 cm³/mol. The van der Waals surface area contributed by atoms with Gasteiger partial charge in [0, 0.05) is 5.92 Å². The number of nitrogen functional groups attached to an aromatic ring is 1.